The summed E-state index contributed by atoms with van der Waals surface area (Å²) in [6.07, 6.45) is 0. The number of fused-ring (bicyclic) bond motifs is 1. The number of aryl methyl sites for hydroxylation is 1. The third-order valence-electron chi connectivity index (χ3n) is 3.25. The molecule has 0 atom stereocenters. The molecule has 2 nitrogen and oxygen atoms in total. The molecular weight excluding hydrogens is 302 g/mol. The van der Waals surface area contributed by atoms with Crippen LogP contribution in [0.15, 0.2) is 53.4 Å². The Hall–Kier alpha value is -1.71. The number of aromatic hydroxyl groups is 1. The largest absolute Gasteiger partial charge is 0.507 e. The molecular formula is C17H14ClNOS. The van der Waals surface area contributed by atoms with Crippen molar-refractivity contribution in [3.8, 4) is 5.75 Å². The van der Waals surface area contributed by atoms with Gasteiger partial charge in [-0.05, 0) is 36.8 Å². The summed E-state index contributed by atoms with van der Waals surface area (Å²) in [7, 11) is 0. The highest BCUT2D eigenvalue weighted by Crippen LogP contribution is 2.32. The first-order valence-corrected chi connectivity index (χ1v) is 7.96. The minimum Gasteiger partial charge on any atom is -0.507 e. The van der Waals surface area contributed by atoms with E-state index in [1.54, 1.807) is 17.8 Å². The third-order valence-corrected chi connectivity index (χ3v) is 4.69. The van der Waals surface area contributed by atoms with E-state index in [0.717, 1.165) is 21.4 Å². The lowest BCUT2D eigenvalue weighted by molar-refractivity contribution is 0.462. The number of para-hydroxylation sites is 1. The van der Waals surface area contributed by atoms with E-state index in [9.17, 15) is 5.11 Å². The molecule has 2 aromatic carbocycles. The number of halogens is 1. The molecule has 0 radical (unpaired) electrons. The van der Waals surface area contributed by atoms with Crippen molar-refractivity contribution < 1.29 is 5.11 Å². The second kappa shape index (κ2) is 5.96. The highest BCUT2D eigenvalue weighted by atomic mass is 35.5. The smallest absolute Gasteiger partial charge is 0.133 e. The van der Waals surface area contributed by atoms with Crippen molar-refractivity contribution in [1.29, 1.82) is 0 Å². The summed E-state index contributed by atoms with van der Waals surface area (Å²) in [5, 5.41) is 11.4. The Morgan fingerprint density at radius 1 is 1.14 bits per heavy atom. The van der Waals surface area contributed by atoms with E-state index in [0.29, 0.717) is 16.7 Å². The normalized spacial score (nSPS) is 11.0. The van der Waals surface area contributed by atoms with E-state index in [1.807, 2.05) is 31.2 Å². The van der Waals surface area contributed by atoms with Crippen LogP contribution in [0.2, 0.25) is 5.15 Å². The summed E-state index contributed by atoms with van der Waals surface area (Å²) < 4.78 is 0. The topological polar surface area (TPSA) is 33.1 Å². The second-order valence-electron chi connectivity index (χ2n) is 4.89. The van der Waals surface area contributed by atoms with Crippen LogP contribution < -0.4 is 0 Å². The van der Waals surface area contributed by atoms with Crippen LogP contribution in [0.3, 0.4) is 0 Å². The maximum absolute atomic E-state index is 9.79. The predicted molar refractivity (Wildman–Crippen MR) is 89.2 cm³/mol. The Labute approximate surface area is 132 Å². The van der Waals surface area contributed by atoms with Crippen molar-refractivity contribution >= 4 is 34.3 Å². The fourth-order valence-corrected chi connectivity index (χ4v) is 3.35. The quantitative estimate of drug-likeness (QED) is 0.533. The van der Waals surface area contributed by atoms with E-state index in [-0.39, 0.29) is 0 Å². The van der Waals surface area contributed by atoms with E-state index < -0.39 is 0 Å². The standard InChI is InChI=1S/C17H14ClNOS/c1-11-6-7-12-9-13(17(18)19-14(12)8-11)10-21-16-5-3-2-4-15(16)20/h2-9,20H,10H2,1H3. The van der Waals surface area contributed by atoms with E-state index in [2.05, 4.69) is 23.2 Å². The van der Waals surface area contributed by atoms with Crippen molar-refractivity contribution in [1.82, 2.24) is 4.98 Å². The third kappa shape index (κ3) is 3.14. The molecule has 0 amide bonds. The molecule has 0 aliphatic carbocycles. The Bertz CT molecular complexity index is 804. The lowest BCUT2D eigenvalue weighted by Crippen LogP contribution is -1.89. The van der Waals surface area contributed by atoms with Crippen LogP contribution in [-0.2, 0) is 5.75 Å². The van der Waals surface area contributed by atoms with Gasteiger partial charge in [-0.25, -0.2) is 4.98 Å². The molecule has 0 spiro atoms. The number of pyridine rings is 1. The molecule has 21 heavy (non-hydrogen) atoms. The zero-order valence-electron chi connectivity index (χ0n) is 11.5. The van der Waals surface area contributed by atoms with Gasteiger partial charge in [0.05, 0.1) is 5.52 Å². The Morgan fingerprint density at radius 3 is 2.76 bits per heavy atom. The molecule has 3 rings (SSSR count). The fraction of sp³-hybridized carbons (Fsp3) is 0.118. The number of rotatable bonds is 3. The molecule has 1 aromatic heterocycles. The number of thioether (sulfide) groups is 1. The number of phenols is 1. The van der Waals surface area contributed by atoms with Gasteiger partial charge in [0.2, 0.25) is 0 Å². The van der Waals surface area contributed by atoms with Crippen molar-refractivity contribution in [2.75, 3.05) is 0 Å². The first-order chi connectivity index (χ1) is 10.1. The van der Waals surface area contributed by atoms with Gasteiger partial charge in [0, 0.05) is 21.6 Å². The number of nitrogens with zero attached hydrogens (tertiary/aromatic N) is 1. The minimum atomic E-state index is 0.294. The first kappa shape index (κ1) is 14.2. The first-order valence-electron chi connectivity index (χ1n) is 6.60. The van der Waals surface area contributed by atoms with Crippen molar-refractivity contribution in [3.63, 3.8) is 0 Å². The molecule has 0 saturated heterocycles. The number of hydrogen-bond acceptors (Lipinski definition) is 3. The Balaban J connectivity index is 1.89. The summed E-state index contributed by atoms with van der Waals surface area (Å²) in [6, 6.07) is 15.5. The van der Waals surface area contributed by atoms with Crippen LogP contribution >= 0.6 is 23.4 Å². The Morgan fingerprint density at radius 2 is 1.95 bits per heavy atom. The van der Waals surface area contributed by atoms with Crippen molar-refractivity contribution in [2.45, 2.75) is 17.6 Å². The molecule has 0 saturated carbocycles. The molecule has 4 heteroatoms. The van der Waals surface area contributed by atoms with Crippen molar-refractivity contribution in [3.05, 3.63) is 64.8 Å². The molecule has 1 N–H and O–H groups in total. The summed E-state index contributed by atoms with van der Waals surface area (Å²) in [6.45, 7) is 2.04. The lowest BCUT2D eigenvalue weighted by atomic mass is 10.1. The van der Waals surface area contributed by atoms with Crippen LogP contribution in [0.4, 0.5) is 0 Å². The number of aromatic nitrogens is 1. The Kier molecular flexibility index (Phi) is 4.04. The zero-order valence-corrected chi connectivity index (χ0v) is 13.1. The molecule has 106 valence electrons. The zero-order chi connectivity index (χ0) is 14.8. The maximum atomic E-state index is 9.79. The van der Waals surface area contributed by atoms with Crippen LogP contribution in [0.5, 0.6) is 5.75 Å². The summed E-state index contributed by atoms with van der Waals surface area (Å²) in [5.41, 5.74) is 3.06. The SMILES string of the molecule is Cc1ccc2cc(CSc3ccccc3O)c(Cl)nc2c1. The molecule has 1 heterocycles. The summed E-state index contributed by atoms with van der Waals surface area (Å²) >= 11 is 7.83. The van der Waals surface area contributed by atoms with E-state index >= 15 is 0 Å². The van der Waals surface area contributed by atoms with Gasteiger partial charge < -0.3 is 5.11 Å². The summed E-state index contributed by atoms with van der Waals surface area (Å²) in [4.78, 5) is 5.31. The number of hydrogen-bond donors (Lipinski definition) is 1. The number of benzene rings is 2. The van der Waals surface area contributed by atoms with E-state index in [4.69, 9.17) is 11.6 Å². The second-order valence-corrected chi connectivity index (χ2v) is 6.27. The van der Waals surface area contributed by atoms with Crippen molar-refractivity contribution in [2.24, 2.45) is 0 Å². The minimum absolute atomic E-state index is 0.294. The molecule has 0 bridgehead atoms. The van der Waals surface area contributed by atoms with Gasteiger partial charge in [0.15, 0.2) is 0 Å². The molecule has 0 fully saturated rings. The molecule has 3 aromatic rings. The average Bonchev–Trinajstić information content (AvgIpc) is 2.46. The fourth-order valence-electron chi connectivity index (χ4n) is 2.13. The van der Waals surface area contributed by atoms with Crippen LogP contribution in [-0.4, -0.2) is 10.1 Å². The molecule has 0 unspecified atom stereocenters. The van der Waals surface area contributed by atoms with Gasteiger partial charge in [0.1, 0.15) is 10.9 Å². The highest BCUT2D eigenvalue weighted by molar-refractivity contribution is 7.98. The predicted octanol–water partition coefficient (Wildman–Crippen LogP) is 5.19. The van der Waals surface area contributed by atoms with Crippen LogP contribution in [0.1, 0.15) is 11.1 Å². The molecule has 0 aliphatic rings. The van der Waals surface area contributed by atoms with Gasteiger partial charge in [-0.3, -0.25) is 0 Å². The molecule has 0 aliphatic heterocycles. The van der Waals surface area contributed by atoms with Gasteiger partial charge in [0.25, 0.3) is 0 Å². The van der Waals surface area contributed by atoms with Gasteiger partial charge >= 0.3 is 0 Å². The highest BCUT2D eigenvalue weighted by Gasteiger charge is 2.07. The van der Waals surface area contributed by atoms with Gasteiger partial charge in [-0.2, -0.15) is 0 Å². The monoisotopic (exact) mass is 315 g/mol. The van der Waals surface area contributed by atoms with Gasteiger partial charge in [-0.1, -0.05) is 35.9 Å². The lowest BCUT2D eigenvalue weighted by Gasteiger charge is -2.08. The summed E-state index contributed by atoms with van der Waals surface area (Å²) in [5.74, 6) is 0.968. The van der Waals surface area contributed by atoms with Crippen LogP contribution in [0, 0.1) is 6.92 Å². The van der Waals surface area contributed by atoms with E-state index in [1.165, 1.54) is 5.56 Å². The van der Waals surface area contributed by atoms with Crippen LogP contribution in [0.25, 0.3) is 10.9 Å². The maximum Gasteiger partial charge on any atom is 0.133 e. The average molecular weight is 316 g/mol. The number of phenolic OH excluding ortho intramolecular Hbond substituents is 1. The van der Waals surface area contributed by atoms with Gasteiger partial charge in [-0.15, -0.1) is 11.8 Å².